The molecule has 2 aliphatic rings. The molecule has 6 heteroatoms. The Kier molecular flexibility index (Phi) is 5.62. The van der Waals surface area contributed by atoms with Crippen molar-refractivity contribution in [2.75, 3.05) is 32.7 Å². The summed E-state index contributed by atoms with van der Waals surface area (Å²) < 4.78 is 28.5. The highest BCUT2D eigenvalue weighted by Gasteiger charge is 2.29. The van der Waals surface area contributed by atoms with E-state index in [0.29, 0.717) is 31.5 Å². The average molecular weight is 289 g/mol. The van der Waals surface area contributed by atoms with E-state index < -0.39 is 10.2 Å². The van der Waals surface area contributed by atoms with Gasteiger partial charge in [-0.15, -0.1) is 0 Å². The fourth-order valence-electron chi connectivity index (χ4n) is 2.47. The zero-order valence-electron chi connectivity index (χ0n) is 11.9. The average Bonchev–Trinajstić information content (AvgIpc) is 3.22. The molecule has 2 rings (SSSR count). The van der Waals surface area contributed by atoms with Crippen molar-refractivity contribution >= 4 is 10.2 Å². The Balaban J connectivity index is 1.69. The molecule has 0 aromatic rings. The number of nitrogens with one attached hydrogen (secondary N) is 2. The molecular weight excluding hydrogens is 262 g/mol. The maximum Gasteiger partial charge on any atom is 0.279 e. The molecule has 0 atom stereocenters. The number of rotatable bonds is 8. The fourth-order valence-corrected chi connectivity index (χ4v) is 3.79. The summed E-state index contributed by atoms with van der Waals surface area (Å²) in [4.78, 5) is 0. The van der Waals surface area contributed by atoms with Gasteiger partial charge in [-0.05, 0) is 57.0 Å². The predicted octanol–water partition coefficient (Wildman–Crippen LogP) is 0.942. The molecule has 0 aromatic heterocycles. The molecule has 5 nitrogen and oxygen atoms in total. The quantitative estimate of drug-likeness (QED) is 0.654. The number of hydrogen-bond acceptors (Lipinski definition) is 3. The number of piperidine rings is 1. The second-order valence-corrected chi connectivity index (χ2v) is 7.60. The molecular formula is C13H27N3O2S. The minimum Gasteiger partial charge on any atom is -0.316 e. The van der Waals surface area contributed by atoms with Gasteiger partial charge in [0, 0.05) is 19.6 Å². The topological polar surface area (TPSA) is 61.4 Å². The van der Waals surface area contributed by atoms with Crippen LogP contribution in [0.1, 0.15) is 39.0 Å². The highest BCUT2D eigenvalue weighted by molar-refractivity contribution is 7.87. The van der Waals surface area contributed by atoms with Crippen LogP contribution in [0.3, 0.4) is 0 Å². The Labute approximate surface area is 117 Å². The number of hydrogen-bond donors (Lipinski definition) is 2. The van der Waals surface area contributed by atoms with Crippen LogP contribution in [0.5, 0.6) is 0 Å². The van der Waals surface area contributed by atoms with Crippen molar-refractivity contribution in [2.45, 2.75) is 39.0 Å². The van der Waals surface area contributed by atoms with Crippen molar-refractivity contribution in [2.24, 2.45) is 11.8 Å². The molecule has 0 unspecified atom stereocenters. The molecule has 19 heavy (non-hydrogen) atoms. The van der Waals surface area contributed by atoms with Crippen molar-refractivity contribution in [3.63, 3.8) is 0 Å². The van der Waals surface area contributed by atoms with Crippen LogP contribution in [0.2, 0.25) is 0 Å². The lowest BCUT2D eigenvalue weighted by Gasteiger charge is -2.31. The summed E-state index contributed by atoms with van der Waals surface area (Å²) in [5, 5.41) is 3.42. The Bertz CT molecular complexity index is 360. The van der Waals surface area contributed by atoms with E-state index in [0.717, 1.165) is 32.4 Å². The van der Waals surface area contributed by atoms with Crippen LogP contribution in [0, 0.1) is 11.8 Å². The minimum atomic E-state index is -3.22. The van der Waals surface area contributed by atoms with E-state index in [9.17, 15) is 8.42 Å². The normalized spacial score (nSPS) is 22.8. The first-order valence-corrected chi connectivity index (χ1v) is 9.01. The predicted molar refractivity (Wildman–Crippen MR) is 77.1 cm³/mol. The van der Waals surface area contributed by atoms with Gasteiger partial charge < -0.3 is 5.32 Å². The highest BCUT2D eigenvalue weighted by Crippen LogP contribution is 2.28. The number of nitrogens with zero attached hydrogens (tertiary/aromatic N) is 1. The van der Waals surface area contributed by atoms with Gasteiger partial charge in [-0.3, -0.25) is 0 Å². The van der Waals surface area contributed by atoms with Crippen LogP contribution in [-0.2, 0) is 10.2 Å². The second-order valence-electron chi connectivity index (χ2n) is 5.84. The Morgan fingerprint density at radius 3 is 2.26 bits per heavy atom. The van der Waals surface area contributed by atoms with Crippen molar-refractivity contribution in [1.82, 2.24) is 14.3 Å². The second kappa shape index (κ2) is 7.02. The van der Waals surface area contributed by atoms with E-state index in [4.69, 9.17) is 0 Å². The largest absolute Gasteiger partial charge is 0.316 e. The van der Waals surface area contributed by atoms with Crippen LogP contribution in [-0.4, -0.2) is 45.4 Å². The minimum absolute atomic E-state index is 0.588. The summed E-state index contributed by atoms with van der Waals surface area (Å²) in [7, 11) is -3.22. The Morgan fingerprint density at radius 2 is 1.68 bits per heavy atom. The van der Waals surface area contributed by atoms with Gasteiger partial charge >= 0.3 is 0 Å². The molecule has 2 fully saturated rings. The Morgan fingerprint density at radius 1 is 1.05 bits per heavy atom. The third kappa shape index (κ3) is 5.02. The van der Waals surface area contributed by atoms with Crippen LogP contribution in [0.25, 0.3) is 0 Å². The lowest BCUT2D eigenvalue weighted by molar-refractivity contribution is 0.265. The van der Waals surface area contributed by atoms with E-state index in [1.54, 1.807) is 4.31 Å². The summed E-state index contributed by atoms with van der Waals surface area (Å²) in [5.41, 5.74) is 0. The van der Waals surface area contributed by atoms with Crippen molar-refractivity contribution < 1.29 is 8.42 Å². The van der Waals surface area contributed by atoms with Gasteiger partial charge in [0.2, 0.25) is 0 Å². The molecule has 0 amide bonds. The molecule has 1 saturated carbocycles. The van der Waals surface area contributed by atoms with Gasteiger partial charge in [0.05, 0.1) is 0 Å². The highest BCUT2D eigenvalue weighted by atomic mass is 32.2. The molecule has 0 aromatic carbocycles. The van der Waals surface area contributed by atoms with Crippen LogP contribution < -0.4 is 10.0 Å². The molecule has 0 radical (unpaired) electrons. The molecule has 1 heterocycles. The first-order valence-electron chi connectivity index (χ1n) is 7.57. The zero-order valence-corrected chi connectivity index (χ0v) is 12.7. The zero-order chi connectivity index (χ0) is 13.7. The standard InChI is InChI=1S/C13H27N3O2S/c1-2-7-14-10-13-5-8-16(9-6-13)19(17,18)15-11-12-3-4-12/h12-15H,2-11H2,1H3. The fraction of sp³-hybridized carbons (Fsp3) is 1.00. The first-order chi connectivity index (χ1) is 9.12. The van der Waals surface area contributed by atoms with E-state index in [1.807, 2.05) is 0 Å². The monoisotopic (exact) mass is 289 g/mol. The van der Waals surface area contributed by atoms with Gasteiger partial charge in [0.25, 0.3) is 10.2 Å². The SMILES string of the molecule is CCCNCC1CCN(S(=O)(=O)NCC2CC2)CC1. The van der Waals surface area contributed by atoms with E-state index in [2.05, 4.69) is 17.0 Å². The van der Waals surface area contributed by atoms with Crippen molar-refractivity contribution in [3.8, 4) is 0 Å². The lowest BCUT2D eigenvalue weighted by Crippen LogP contribution is -2.46. The molecule has 0 spiro atoms. The summed E-state index contributed by atoms with van der Waals surface area (Å²) in [6, 6.07) is 0. The van der Waals surface area contributed by atoms with Crippen LogP contribution >= 0.6 is 0 Å². The maximum atomic E-state index is 12.1. The van der Waals surface area contributed by atoms with E-state index in [-0.39, 0.29) is 0 Å². The molecule has 112 valence electrons. The van der Waals surface area contributed by atoms with Crippen molar-refractivity contribution in [1.29, 1.82) is 0 Å². The van der Waals surface area contributed by atoms with Crippen molar-refractivity contribution in [3.05, 3.63) is 0 Å². The van der Waals surface area contributed by atoms with Crippen LogP contribution in [0.15, 0.2) is 0 Å². The van der Waals surface area contributed by atoms with Gasteiger partial charge in [0.1, 0.15) is 0 Å². The smallest absolute Gasteiger partial charge is 0.279 e. The molecule has 0 bridgehead atoms. The molecule has 1 aliphatic heterocycles. The summed E-state index contributed by atoms with van der Waals surface area (Å²) in [6.45, 7) is 6.20. The maximum absolute atomic E-state index is 12.1. The van der Waals surface area contributed by atoms with E-state index >= 15 is 0 Å². The molecule has 1 aliphatic carbocycles. The van der Waals surface area contributed by atoms with E-state index in [1.165, 1.54) is 12.8 Å². The molecule has 2 N–H and O–H groups in total. The third-order valence-electron chi connectivity index (χ3n) is 4.02. The van der Waals surface area contributed by atoms with Gasteiger partial charge in [0.15, 0.2) is 0 Å². The van der Waals surface area contributed by atoms with Gasteiger partial charge in [-0.2, -0.15) is 12.7 Å². The Hall–Kier alpha value is -0.170. The summed E-state index contributed by atoms with van der Waals surface area (Å²) >= 11 is 0. The summed E-state index contributed by atoms with van der Waals surface area (Å²) in [6.07, 6.45) is 5.45. The summed E-state index contributed by atoms with van der Waals surface area (Å²) in [5.74, 6) is 1.21. The first kappa shape index (κ1) is 15.2. The van der Waals surface area contributed by atoms with Gasteiger partial charge in [-0.25, -0.2) is 4.72 Å². The van der Waals surface area contributed by atoms with Gasteiger partial charge in [-0.1, -0.05) is 6.92 Å². The third-order valence-corrected chi connectivity index (χ3v) is 5.60. The van der Waals surface area contributed by atoms with Crippen LogP contribution in [0.4, 0.5) is 0 Å². The lowest BCUT2D eigenvalue weighted by atomic mass is 9.98. The molecule has 1 saturated heterocycles.